The predicted molar refractivity (Wildman–Crippen MR) is 91.8 cm³/mol. The van der Waals surface area contributed by atoms with Gasteiger partial charge in [0.1, 0.15) is 6.33 Å². The summed E-state index contributed by atoms with van der Waals surface area (Å²) in [6, 6.07) is 6.01. The molecule has 1 N–H and O–H groups in total. The lowest BCUT2D eigenvalue weighted by atomic mass is 10.1. The van der Waals surface area contributed by atoms with Crippen molar-refractivity contribution >= 4 is 23.4 Å². The summed E-state index contributed by atoms with van der Waals surface area (Å²) in [6.07, 6.45) is 1.65. The number of anilines is 1. The van der Waals surface area contributed by atoms with E-state index in [0.717, 1.165) is 16.8 Å². The summed E-state index contributed by atoms with van der Waals surface area (Å²) in [5.41, 5.74) is 3.01. The number of carbonyl (C=O) groups is 1. The molecule has 2 rings (SSSR count). The van der Waals surface area contributed by atoms with Crippen LogP contribution in [0.25, 0.3) is 0 Å². The van der Waals surface area contributed by atoms with Crippen molar-refractivity contribution in [1.82, 2.24) is 14.8 Å². The maximum Gasteiger partial charge on any atom is 0.237 e. The lowest BCUT2D eigenvalue weighted by molar-refractivity contribution is -0.115. The van der Waals surface area contributed by atoms with E-state index in [-0.39, 0.29) is 11.2 Å². The summed E-state index contributed by atoms with van der Waals surface area (Å²) in [7, 11) is 1.65. The van der Waals surface area contributed by atoms with Gasteiger partial charge in [-0.15, -0.1) is 10.2 Å². The van der Waals surface area contributed by atoms with Gasteiger partial charge in [0.25, 0.3) is 0 Å². The Bertz CT molecular complexity index is 672. The van der Waals surface area contributed by atoms with Crippen LogP contribution in [-0.4, -0.2) is 39.6 Å². The van der Waals surface area contributed by atoms with Gasteiger partial charge >= 0.3 is 0 Å². The number of aromatic nitrogens is 3. The second kappa shape index (κ2) is 8.12. The number of nitrogens with one attached hydrogen (secondary N) is 1. The Morgan fingerprint density at radius 1 is 1.43 bits per heavy atom. The van der Waals surface area contributed by atoms with E-state index in [1.54, 1.807) is 13.4 Å². The summed E-state index contributed by atoms with van der Waals surface area (Å²) in [5, 5.41) is 11.4. The molecule has 0 saturated heterocycles. The number of nitrogens with zero attached hydrogens (tertiary/aromatic N) is 3. The molecule has 0 saturated carbocycles. The van der Waals surface area contributed by atoms with Crippen LogP contribution in [0.3, 0.4) is 0 Å². The van der Waals surface area contributed by atoms with E-state index in [9.17, 15) is 4.79 Å². The molecule has 6 nitrogen and oxygen atoms in total. The van der Waals surface area contributed by atoms with Gasteiger partial charge < -0.3 is 14.6 Å². The Morgan fingerprint density at radius 3 is 2.96 bits per heavy atom. The number of thioether (sulfide) groups is 1. The SMILES string of the molecule is COCCn1cnnc1SC(C)C(=O)Nc1cc(C)ccc1C. The number of carbonyl (C=O) groups excluding carboxylic acids is 1. The van der Waals surface area contributed by atoms with Crippen molar-refractivity contribution in [2.24, 2.45) is 0 Å². The van der Waals surface area contributed by atoms with Crippen molar-refractivity contribution < 1.29 is 9.53 Å². The van der Waals surface area contributed by atoms with Crippen LogP contribution in [0.2, 0.25) is 0 Å². The molecule has 1 heterocycles. The van der Waals surface area contributed by atoms with Gasteiger partial charge in [0.15, 0.2) is 5.16 Å². The summed E-state index contributed by atoms with van der Waals surface area (Å²) in [4.78, 5) is 12.4. The summed E-state index contributed by atoms with van der Waals surface area (Å²) in [6.45, 7) is 7.09. The molecule has 124 valence electrons. The van der Waals surface area contributed by atoms with E-state index in [0.29, 0.717) is 18.3 Å². The number of aryl methyl sites for hydroxylation is 2. The second-order valence-electron chi connectivity index (χ2n) is 5.37. The van der Waals surface area contributed by atoms with Crippen LogP contribution < -0.4 is 5.32 Å². The zero-order valence-corrected chi connectivity index (χ0v) is 14.7. The average molecular weight is 334 g/mol. The number of hydrogen-bond donors (Lipinski definition) is 1. The lowest BCUT2D eigenvalue weighted by Gasteiger charge is -2.14. The minimum Gasteiger partial charge on any atom is -0.383 e. The number of ether oxygens (including phenoxy) is 1. The van der Waals surface area contributed by atoms with Crippen LogP contribution in [0.15, 0.2) is 29.7 Å². The number of methoxy groups -OCH3 is 1. The van der Waals surface area contributed by atoms with E-state index in [4.69, 9.17) is 4.74 Å². The Morgan fingerprint density at radius 2 is 2.22 bits per heavy atom. The zero-order chi connectivity index (χ0) is 16.8. The van der Waals surface area contributed by atoms with Gasteiger partial charge in [-0.05, 0) is 38.0 Å². The molecule has 0 bridgehead atoms. The third-order valence-corrected chi connectivity index (χ3v) is 4.51. The number of hydrogen-bond acceptors (Lipinski definition) is 5. The van der Waals surface area contributed by atoms with Gasteiger partial charge in [0, 0.05) is 19.3 Å². The van der Waals surface area contributed by atoms with Gasteiger partial charge in [-0.2, -0.15) is 0 Å². The van der Waals surface area contributed by atoms with Crippen molar-refractivity contribution in [3.63, 3.8) is 0 Å². The van der Waals surface area contributed by atoms with Crippen molar-refractivity contribution in [1.29, 1.82) is 0 Å². The molecule has 0 aliphatic heterocycles. The highest BCUT2D eigenvalue weighted by Gasteiger charge is 2.18. The molecule has 7 heteroatoms. The fraction of sp³-hybridized carbons (Fsp3) is 0.438. The normalized spacial score (nSPS) is 12.2. The van der Waals surface area contributed by atoms with E-state index < -0.39 is 0 Å². The maximum absolute atomic E-state index is 12.4. The maximum atomic E-state index is 12.4. The van der Waals surface area contributed by atoms with E-state index in [1.165, 1.54) is 11.8 Å². The van der Waals surface area contributed by atoms with Crippen molar-refractivity contribution in [2.75, 3.05) is 19.0 Å². The first-order chi connectivity index (χ1) is 11.0. The van der Waals surface area contributed by atoms with Gasteiger partial charge in [-0.25, -0.2) is 0 Å². The third kappa shape index (κ3) is 4.80. The monoisotopic (exact) mass is 334 g/mol. The quantitative estimate of drug-likeness (QED) is 0.788. The topological polar surface area (TPSA) is 69.0 Å². The molecular weight excluding hydrogens is 312 g/mol. The molecule has 0 spiro atoms. The van der Waals surface area contributed by atoms with Crippen molar-refractivity contribution in [3.05, 3.63) is 35.7 Å². The molecule has 1 unspecified atom stereocenters. The fourth-order valence-electron chi connectivity index (χ4n) is 2.00. The number of amides is 1. The average Bonchev–Trinajstić information content (AvgIpc) is 2.95. The molecule has 1 amide bonds. The first kappa shape index (κ1) is 17.5. The summed E-state index contributed by atoms with van der Waals surface area (Å²) >= 11 is 1.39. The minimum atomic E-state index is -0.277. The molecule has 0 radical (unpaired) electrons. The summed E-state index contributed by atoms with van der Waals surface area (Å²) in [5.74, 6) is -0.0509. The standard InChI is InChI=1S/C16H22N4O2S/c1-11-5-6-12(2)14(9-11)18-15(21)13(3)23-16-19-17-10-20(16)7-8-22-4/h5-6,9-10,13H,7-8H2,1-4H3,(H,18,21). The molecule has 0 aliphatic rings. The van der Waals surface area contributed by atoms with Crippen LogP contribution in [0, 0.1) is 13.8 Å². The van der Waals surface area contributed by atoms with Crippen LogP contribution in [0.5, 0.6) is 0 Å². The zero-order valence-electron chi connectivity index (χ0n) is 13.9. The first-order valence-corrected chi connectivity index (χ1v) is 8.30. The van der Waals surface area contributed by atoms with Crippen LogP contribution in [0.4, 0.5) is 5.69 Å². The Balaban J connectivity index is 2.00. The molecule has 23 heavy (non-hydrogen) atoms. The molecular formula is C16H22N4O2S. The summed E-state index contributed by atoms with van der Waals surface area (Å²) < 4.78 is 6.95. The number of benzene rings is 1. The van der Waals surface area contributed by atoms with Gasteiger partial charge in [-0.3, -0.25) is 4.79 Å². The predicted octanol–water partition coefficient (Wildman–Crippen LogP) is 2.66. The first-order valence-electron chi connectivity index (χ1n) is 7.42. The van der Waals surface area contributed by atoms with Gasteiger partial charge in [0.05, 0.1) is 11.9 Å². The number of rotatable bonds is 7. The lowest BCUT2D eigenvalue weighted by Crippen LogP contribution is -2.23. The highest BCUT2D eigenvalue weighted by Crippen LogP contribution is 2.23. The highest BCUT2D eigenvalue weighted by molar-refractivity contribution is 8.00. The van der Waals surface area contributed by atoms with Gasteiger partial charge in [0.2, 0.25) is 5.91 Å². The molecule has 2 aromatic rings. The van der Waals surface area contributed by atoms with E-state index >= 15 is 0 Å². The second-order valence-corrected chi connectivity index (χ2v) is 6.68. The fourth-order valence-corrected chi connectivity index (χ4v) is 2.85. The Hall–Kier alpha value is -1.86. The van der Waals surface area contributed by atoms with Crippen molar-refractivity contribution in [3.8, 4) is 0 Å². The van der Waals surface area contributed by atoms with E-state index in [2.05, 4.69) is 15.5 Å². The third-order valence-electron chi connectivity index (χ3n) is 3.42. The largest absolute Gasteiger partial charge is 0.383 e. The molecule has 1 aromatic carbocycles. The molecule has 1 atom stereocenters. The van der Waals surface area contributed by atoms with E-state index in [1.807, 2.05) is 43.5 Å². The minimum absolute atomic E-state index is 0.0509. The highest BCUT2D eigenvalue weighted by atomic mass is 32.2. The Labute approximate surface area is 140 Å². The van der Waals surface area contributed by atoms with Crippen LogP contribution in [0.1, 0.15) is 18.1 Å². The van der Waals surface area contributed by atoms with Crippen molar-refractivity contribution in [2.45, 2.75) is 37.7 Å². The van der Waals surface area contributed by atoms with Gasteiger partial charge in [-0.1, -0.05) is 23.9 Å². The van der Waals surface area contributed by atoms with Crippen LogP contribution >= 0.6 is 11.8 Å². The molecule has 0 aliphatic carbocycles. The van der Waals surface area contributed by atoms with Crippen LogP contribution in [-0.2, 0) is 16.1 Å². The molecule has 1 aromatic heterocycles. The Kier molecular flexibility index (Phi) is 6.18. The molecule has 0 fully saturated rings. The smallest absolute Gasteiger partial charge is 0.237 e.